The summed E-state index contributed by atoms with van der Waals surface area (Å²) in [5.74, 6) is 0.134. The van der Waals surface area contributed by atoms with Crippen molar-refractivity contribution < 1.29 is 4.79 Å². The van der Waals surface area contributed by atoms with Crippen molar-refractivity contribution in [2.24, 2.45) is 0 Å². The van der Waals surface area contributed by atoms with E-state index in [1.165, 1.54) is 12.8 Å². The maximum Gasteiger partial charge on any atom is 0.223 e. The first-order chi connectivity index (χ1) is 9.04. The summed E-state index contributed by atoms with van der Waals surface area (Å²) in [6.45, 7) is 3.63. The Morgan fingerprint density at radius 3 is 2.53 bits per heavy atom. The second-order valence-electron chi connectivity index (χ2n) is 5.49. The Kier molecular flexibility index (Phi) is 6.82. The van der Waals surface area contributed by atoms with Crippen LogP contribution in [0.2, 0.25) is 0 Å². The second-order valence-corrected chi connectivity index (χ2v) is 5.49. The molecular formula is C14H26N4O. The lowest BCUT2D eigenvalue weighted by Gasteiger charge is -2.35. The fourth-order valence-corrected chi connectivity index (χ4v) is 2.42. The molecule has 0 radical (unpaired) electrons. The van der Waals surface area contributed by atoms with Gasteiger partial charge in [0.2, 0.25) is 5.91 Å². The molecule has 108 valence electrons. The van der Waals surface area contributed by atoms with Gasteiger partial charge in [-0.15, -0.1) is 0 Å². The van der Waals surface area contributed by atoms with Gasteiger partial charge in [0, 0.05) is 32.6 Å². The molecule has 0 aromatic heterocycles. The average molecular weight is 266 g/mol. The van der Waals surface area contributed by atoms with E-state index in [0.29, 0.717) is 25.4 Å². The predicted molar refractivity (Wildman–Crippen MR) is 75.6 cm³/mol. The quantitative estimate of drug-likeness (QED) is 0.713. The Morgan fingerprint density at radius 1 is 1.32 bits per heavy atom. The van der Waals surface area contributed by atoms with E-state index in [1.54, 1.807) is 11.9 Å². The highest BCUT2D eigenvalue weighted by Gasteiger charge is 2.21. The number of nitriles is 1. The number of likely N-dealkylation sites (tertiary alicyclic amines) is 1. The molecule has 0 aromatic rings. The summed E-state index contributed by atoms with van der Waals surface area (Å²) in [5.41, 5.74) is 0. The highest BCUT2D eigenvalue weighted by molar-refractivity contribution is 5.76. The molecule has 1 saturated heterocycles. The molecule has 1 heterocycles. The zero-order chi connectivity index (χ0) is 14.3. The van der Waals surface area contributed by atoms with Crippen molar-refractivity contribution in [1.29, 1.82) is 5.26 Å². The summed E-state index contributed by atoms with van der Waals surface area (Å²) < 4.78 is 0. The number of rotatable bonds is 6. The second kappa shape index (κ2) is 8.13. The molecule has 0 bridgehead atoms. The SMILES string of the molecule is CN1CCC(N(C)CCC(=O)N(C)CCC#N)CC1. The number of hydrogen-bond donors (Lipinski definition) is 0. The Labute approximate surface area is 116 Å². The van der Waals surface area contributed by atoms with Crippen molar-refractivity contribution in [2.45, 2.75) is 31.7 Å². The third-order valence-electron chi connectivity index (χ3n) is 3.97. The highest BCUT2D eigenvalue weighted by Crippen LogP contribution is 2.14. The Balaban J connectivity index is 2.24. The molecule has 0 spiro atoms. The fraction of sp³-hybridized carbons (Fsp3) is 0.857. The minimum Gasteiger partial charge on any atom is -0.345 e. The van der Waals surface area contributed by atoms with Gasteiger partial charge in [0.05, 0.1) is 12.5 Å². The lowest BCUT2D eigenvalue weighted by Crippen LogP contribution is -2.43. The number of carbonyl (C=O) groups excluding carboxylic acids is 1. The Morgan fingerprint density at radius 2 is 1.95 bits per heavy atom. The van der Waals surface area contributed by atoms with Gasteiger partial charge in [-0.2, -0.15) is 5.26 Å². The van der Waals surface area contributed by atoms with Crippen LogP contribution < -0.4 is 0 Å². The summed E-state index contributed by atoms with van der Waals surface area (Å²) in [6, 6.07) is 2.67. The van der Waals surface area contributed by atoms with Crippen LogP contribution in [0.3, 0.4) is 0 Å². The predicted octanol–water partition coefficient (Wildman–Crippen LogP) is 0.775. The molecule has 5 nitrogen and oxygen atoms in total. The van der Waals surface area contributed by atoms with Crippen molar-refractivity contribution in [2.75, 3.05) is 47.3 Å². The van der Waals surface area contributed by atoms with E-state index in [4.69, 9.17) is 5.26 Å². The molecule has 0 aliphatic carbocycles. The number of amides is 1. The van der Waals surface area contributed by atoms with E-state index in [2.05, 4.69) is 30.0 Å². The normalized spacial score (nSPS) is 17.4. The Bertz CT molecular complexity index is 318. The van der Waals surface area contributed by atoms with Crippen LogP contribution in [0.5, 0.6) is 0 Å². The van der Waals surface area contributed by atoms with Gasteiger partial charge in [0.15, 0.2) is 0 Å². The van der Waals surface area contributed by atoms with Crippen LogP contribution in [0.4, 0.5) is 0 Å². The van der Waals surface area contributed by atoms with Crippen molar-refractivity contribution in [3.8, 4) is 6.07 Å². The largest absolute Gasteiger partial charge is 0.345 e. The van der Waals surface area contributed by atoms with Crippen molar-refractivity contribution >= 4 is 5.91 Å². The Hall–Kier alpha value is -1.12. The van der Waals surface area contributed by atoms with Gasteiger partial charge >= 0.3 is 0 Å². The van der Waals surface area contributed by atoms with E-state index < -0.39 is 0 Å². The van der Waals surface area contributed by atoms with Gasteiger partial charge in [-0.25, -0.2) is 0 Å². The van der Waals surface area contributed by atoms with Gasteiger partial charge < -0.3 is 14.7 Å². The minimum atomic E-state index is 0.134. The topological polar surface area (TPSA) is 50.6 Å². The van der Waals surface area contributed by atoms with E-state index >= 15 is 0 Å². The number of nitrogens with zero attached hydrogens (tertiary/aromatic N) is 4. The average Bonchev–Trinajstić information content (AvgIpc) is 2.42. The molecule has 0 saturated carbocycles. The van der Waals surface area contributed by atoms with Gasteiger partial charge in [-0.1, -0.05) is 0 Å². The maximum atomic E-state index is 11.9. The molecule has 1 fully saturated rings. The lowest BCUT2D eigenvalue weighted by atomic mass is 10.0. The van der Waals surface area contributed by atoms with Crippen LogP contribution >= 0.6 is 0 Å². The zero-order valence-corrected chi connectivity index (χ0v) is 12.4. The molecular weight excluding hydrogens is 240 g/mol. The first-order valence-electron chi connectivity index (χ1n) is 7.04. The molecule has 1 aliphatic heterocycles. The van der Waals surface area contributed by atoms with Crippen LogP contribution in [0.15, 0.2) is 0 Å². The number of piperidine rings is 1. The highest BCUT2D eigenvalue weighted by atomic mass is 16.2. The molecule has 1 aliphatic rings. The van der Waals surface area contributed by atoms with Crippen LogP contribution in [0.25, 0.3) is 0 Å². The van der Waals surface area contributed by atoms with Gasteiger partial charge in [0.25, 0.3) is 0 Å². The molecule has 19 heavy (non-hydrogen) atoms. The third kappa shape index (κ3) is 5.58. The molecule has 5 heteroatoms. The summed E-state index contributed by atoms with van der Waals surface area (Å²) >= 11 is 0. The van der Waals surface area contributed by atoms with Crippen LogP contribution in [-0.2, 0) is 4.79 Å². The summed E-state index contributed by atoms with van der Waals surface area (Å²) in [5, 5.41) is 8.51. The first kappa shape index (κ1) is 15.9. The van der Waals surface area contributed by atoms with E-state index in [9.17, 15) is 4.79 Å². The van der Waals surface area contributed by atoms with Gasteiger partial charge in [-0.05, 0) is 40.0 Å². The third-order valence-corrected chi connectivity index (χ3v) is 3.97. The summed E-state index contributed by atoms with van der Waals surface area (Å²) in [6.07, 6.45) is 3.33. The van der Waals surface area contributed by atoms with E-state index in [-0.39, 0.29) is 5.91 Å². The van der Waals surface area contributed by atoms with Crippen molar-refractivity contribution in [3.63, 3.8) is 0 Å². The maximum absolute atomic E-state index is 11.9. The molecule has 0 aromatic carbocycles. The van der Waals surface area contributed by atoms with E-state index in [1.807, 2.05) is 0 Å². The van der Waals surface area contributed by atoms with Gasteiger partial charge in [0.1, 0.15) is 0 Å². The summed E-state index contributed by atoms with van der Waals surface area (Å²) in [4.78, 5) is 18.2. The lowest BCUT2D eigenvalue weighted by molar-refractivity contribution is -0.130. The molecule has 1 rings (SSSR count). The smallest absolute Gasteiger partial charge is 0.223 e. The van der Waals surface area contributed by atoms with Crippen LogP contribution in [-0.4, -0.2) is 74.0 Å². The van der Waals surface area contributed by atoms with Gasteiger partial charge in [-0.3, -0.25) is 4.79 Å². The molecule has 0 N–H and O–H groups in total. The van der Waals surface area contributed by atoms with Crippen LogP contribution in [0, 0.1) is 11.3 Å². The standard InChI is InChI=1S/C14H26N4O/c1-16-10-5-13(6-11-16)17(2)12-7-14(19)18(3)9-4-8-15/h13H,4-7,9-12H2,1-3H3. The molecule has 0 atom stereocenters. The minimum absolute atomic E-state index is 0.134. The molecule has 0 unspecified atom stereocenters. The van der Waals surface area contributed by atoms with E-state index in [0.717, 1.165) is 19.6 Å². The molecule has 1 amide bonds. The van der Waals surface area contributed by atoms with Crippen LogP contribution in [0.1, 0.15) is 25.7 Å². The number of carbonyl (C=O) groups is 1. The first-order valence-corrected chi connectivity index (χ1v) is 7.04. The zero-order valence-electron chi connectivity index (χ0n) is 12.4. The summed E-state index contributed by atoms with van der Waals surface area (Å²) in [7, 11) is 6.04. The fourth-order valence-electron chi connectivity index (χ4n) is 2.42. The monoisotopic (exact) mass is 266 g/mol. The number of hydrogen-bond acceptors (Lipinski definition) is 4. The van der Waals surface area contributed by atoms with Crippen molar-refractivity contribution in [1.82, 2.24) is 14.7 Å². The van der Waals surface area contributed by atoms with Crippen molar-refractivity contribution in [3.05, 3.63) is 0 Å².